The van der Waals surface area contributed by atoms with E-state index in [4.69, 9.17) is 0 Å². The zero-order valence-corrected chi connectivity index (χ0v) is 12.8. The quantitative estimate of drug-likeness (QED) is 0.571. The third-order valence-corrected chi connectivity index (χ3v) is 8.28. The lowest BCUT2D eigenvalue weighted by atomic mass is 10.1. The Balaban J connectivity index is 2.32. The molecule has 1 heterocycles. The summed E-state index contributed by atoms with van der Waals surface area (Å²) >= 11 is 7.01. The van der Waals surface area contributed by atoms with Crippen molar-refractivity contribution in [3.05, 3.63) is 43.1 Å². The molecule has 74 valence electrons. The van der Waals surface area contributed by atoms with Crippen molar-refractivity contribution in [3.8, 4) is 0 Å². The molecular formula is C11H10I2S. The number of hydrogen-bond donors (Lipinski definition) is 0. The van der Waals surface area contributed by atoms with Gasteiger partial charge in [0.1, 0.15) is 0 Å². The van der Waals surface area contributed by atoms with Crippen LogP contribution in [0.25, 0.3) is 0 Å². The first kappa shape index (κ1) is 11.3. The number of thioether (sulfide) groups is 1. The van der Waals surface area contributed by atoms with Gasteiger partial charge in [0.05, 0.1) is 5.25 Å². The summed E-state index contributed by atoms with van der Waals surface area (Å²) in [6.45, 7) is 2.29. The Hall–Kier alpha value is 0.770. The molecule has 0 nitrogen and oxygen atoms in total. The molecule has 2 rings (SSSR count). The van der Waals surface area contributed by atoms with Crippen LogP contribution in [0.1, 0.15) is 17.7 Å². The minimum absolute atomic E-state index is 0.568. The van der Waals surface area contributed by atoms with Gasteiger partial charge in [-0.25, -0.2) is 0 Å². The Morgan fingerprint density at radius 3 is 2.21 bits per heavy atom. The average molecular weight is 428 g/mol. The summed E-state index contributed by atoms with van der Waals surface area (Å²) in [5.74, 6) is 0. The van der Waals surface area contributed by atoms with Crippen LogP contribution < -0.4 is 0 Å². The van der Waals surface area contributed by atoms with Gasteiger partial charge in [-0.3, -0.25) is 0 Å². The normalized spacial score (nSPS) is 27.1. The van der Waals surface area contributed by atoms with E-state index in [2.05, 4.69) is 82.4 Å². The zero-order chi connectivity index (χ0) is 10.1. The Morgan fingerprint density at radius 1 is 1.07 bits per heavy atom. The second kappa shape index (κ2) is 4.74. The van der Waals surface area contributed by atoms with Crippen molar-refractivity contribution in [2.24, 2.45) is 0 Å². The fraction of sp³-hybridized carbons (Fsp3) is 0.273. The zero-order valence-electron chi connectivity index (χ0n) is 7.71. The molecule has 1 aromatic rings. The number of halogens is 2. The molecule has 0 aromatic heterocycles. The maximum absolute atomic E-state index is 2.49. The van der Waals surface area contributed by atoms with Crippen molar-refractivity contribution in [2.75, 3.05) is 0 Å². The average Bonchev–Trinajstić information content (AvgIpc) is 2.47. The smallest absolute Gasteiger partial charge is 0.0618 e. The second-order valence-corrected chi connectivity index (χ2v) is 7.04. The molecule has 0 radical (unpaired) electrons. The second-order valence-electron chi connectivity index (χ2n) is 3.26. The Labute approximate surface area is 116 Å². The van der Waals surface area contributed by atoms with Gasteiger partial charge in [-0.1, -0.05) is 30.3 Å². The van der Waals surface area contributed by atoms with Gasteiger partial charge in [0.15, 0.2) is 0 Å². The van der Waals surface area contributed by atoms with Gasteiger partial charge in [-0.15, -0.1) is 11.8 Å². The highest BCUT2D eigenvalue weighted by atomic mass is 127. The third kappa shape index (κ3) is 2.14. The lowest BCUT2D eigenvalue weighted by Crippen LogP contribution is -1.90. The van der Waals surface area contributed by atoms with Crippen LogP contribution in [0.15, 0.2) is 37.5 Å². The molecule has 0 amide bonds. The van der Waals surface area contributed by atoms with Crippen molar-refractivity contribution in [2.45, 2.75) is 17.4 Å². The van der Waals surface area contributed by atoms with E-state index in [1.54, 1.807) is 0 Å². The van der Waals surface area contributed by atoms with Crippen LogP contribution in [0.4, 0.5) is 0 Å². The topological polar surface area (TPSA) is 0 Å². The van der Waals surface area contributed by atoms with Crippen LogP contribution in [0.2, 0.25) is 0 Å². The van der Waals surface area contributed by atoms with Crippen LogP contribution in [0, 0.1) is 0 Å². The van der Waals surface area contributed by atoms with Gasteiger partial charge in [-0.2, -0.15) is 0 Å². The van der Waals surface area contributed by atoms with Crippen molar-refractivity contribution in [3.63, 3.8) is 0 Å². The van der Waals surface area contributed by atoms with Crippen LogP contribution in [0.5, 0.6) is 0 Å². The summed E-state index contributed by atoms with van der Waals surface area (Å²) < 4.78 is 3.02. The number of hydrogen-bond acceptors (Lipinski definition) is 1. The predicted molar refractivity (Wildman–Crippen MR) is 81.3 cm³/mol. The Kier molecular flexibility index (Phi) is 3.81. The summed E-state index contributed by atoms with van der Waals surface area (Å²) in [5, 5.41) is 1.23. The molecule has 0 fully saturated rings. The largest absolute Gasteiger partial charge is 0.140 e. The molecule has 2 unspecified atom stereocenters. The molecule has 0 aliphatic carbocycles. The van der Waals surface area contributed by atoms with E-state index in [-0.39, 0.29) is 0 Å². The van der Waals surface area contributed by atoms with Gasteiger partial charge >= 0.3 is 0 Å². The van der Waals surface area contributed by atoms with Crippen LogP contribution in [0.3, 0.4) is 0 Å². The SMILES string of the molecule is CC1SC(c2ccccc2)C(I)=C1I. The van der Waals surface area contributed by atoms with E-state index in [0.29, 0.717) is 10.5 Å². The maximum atomic E-state index is 2.49. The van der Waals surface area contributed by atoms with E-state index in [1.807, 2.05) is 11.8 Å². The van der Waals surface area contributed by atoms with Crippen molar-refractivity contribution in [1.29, 1.82) is 0 Å². The summed E-state index contributed by atoms with van der Waals surface area (Å²) in [4.78, 5) is 0. The lowest BCUT2D eigenvalue weighted by molar-refractivity contribution is 1.24. The van der Waals surface area contributed by atoms with Crippen LogP contribution in [-0.4, -0.2) is 5.25 Å². The minimum Gasteiger partial charge on any atom is -0.140 e. The monoisotopic (exact) mass is 428 g/mol. The summed E-state index contributed by atoms with van der Waals surface area (Å²) in [6, 6.07) is 10.8. The molecule has 3 heteroatoms. The molecule has 2 atom stereocenters. The molecule has 0 bridgehead atoms. The minimum atomic E-state index is 0.568. The number of rotatable bonds is 1. The Morgan fingerprint density at radius 2 is 1.71 bits per heavy atom. The predicted octanol–water partition coefficient (Wildman–Crippen LogP) is 4.94. The van der Waals surface area contributed by atoms with Gasteiger partial charge in [-0.05, 0) is 57.7 Å². The lowest BCUT2D eigenvalue weighted by Gasteiger charge is -2.10. The van der Waals surface area contributed by atoms with Gasteiger partial charge < -0.3 is 0 Å². The molecule has 1 aliphatic heterocycles. The van der Waals surface area contributed by atoms with E-state index in [0.717, 1.165) is 0 Å². The summed E-state index contributed by atoms with van der Waals surface area (Å²) in [6.07, 6.45) is 0. The highest BCUT2D eigenvalue weighted by Gasteiger charge is 2.29. The molecule has 1 aliphatic rings. The van der Waals surface area contributed by atoms with Crippen LogP contribution >= 0.6 is 56.9 Å². The first-order valence-electron chi connectivity index (χ1n) is 4.45. The molecular weight excluding hydrogens is 418 g/mol. The van der Waals surface area contributed by atoms with Crippen molar-refractivity contribution in [1.82, 2.24) is 0 Å². The third-order valence-electron chi connectivity index (χ3n) is 2.26. The molecule has 14 heavy (non-hydrogen) atoms. The number of benzene rings is 1. The van der Waals surface area contributed by atoms with Crippen molar-refractivity contribution >= 4 is 56.9 Å². The maximum Gasteiger partial charge on any atom is 0.0618 e. The molecule has 0 N–H and O–H groups in total. The molecule has 0 saturated carbocycles. The fourth-order valence-corrected chi connectivity index (χ4v) is 5.15. The molecule has 0 saturated heterocycles. The molecule has 1 aromatic carbocycles. The highest BCUT2D eigenvalue weighted by Crippen LogP contribution is 2.53. The highest BCUT2D eigenvalue weighted by molar-refractivity contribution is 14.1. The summed E-state index contributed by atoms with van der Waals surface area (Å²) in [7, 11) is 0. The molecule has 0 spiro atoms. The van der Waals surface area contributed by atoms with Gasteiger partial charge in [0, 0.05) is 12.4 Å². The standard InChI is InChI=1S/C11H10I2S/c1-7-9(12)10(13)11(14-7)8-5-3-2-4-6-8/h2-7,11H,1H3. The first-order chi connectivity index (χ1) is 6.70. The van der Waals surface area contributed by atoms with E-state index >= 15 is 0 Å². The van der Waals surface area contributed by atoms with Crippen molar-refractivity contribution < 1.29 is 0 Å². The van der Waals surface area contributed by atoms with E-state index < -0.39 is 0 Å². The van der Waals surface area contributed by atoms with Gasteiger partial charge in [0.25, 0.3) is 0 Å². The first-order valence-corrected chi connectivity index (χ1v) is 7.55. The fourth-order valence-electron chi connectivity index (χ4n) is 1.50. The van der Waals surface area contributed by atoms with Crippen LogP contribution in [-0.2, 0) is 0 Å². The summed E-state index contributed by atoms with van der Waals surface area (Å²) in [5.41, 5.74) is 1.43. The van der Waals surface area contributed by atoms with Gasteiger partial charge in [0.2, 0.25) is 0 Å². The van der Waals surface area contributed by atoms with E-state index in [1.165, 1.54) is 12.7 Å². The Bertz CT molecular complexity index is 359. The van der Waals surface area contributed by atoms with E-state index in [9.17, 15) is 0 Å².